The summed E-state index contributed by atoms with van der Waals surface area (Å²) >= 11 is 0. The normalized spacial score (nSPS) is 20.2. The quantitative estimate of drug-likeness (QED) is 0.643. The Morgan fingerprint density at radius 2 is 1.96 bits per heavy atom. The van der Waals surface area contributed by atoms with Crippen LogP contribution in [-0.2, 0) is 9.59 Å². The number of carbonyl (C=O) groups excluding carboxylic acids is 2. The van der Waals surface area contributed by atoms with Crippen molar-refractivity contribution in [3.8, 4) is 11.5 Å². The predicted molar refractivity (Wildman–Crippen MR) is 90.3 cm³/mol. The third-order valence-corrected chi connectivity index (χ3v) is 4.48. The summed E-state index contributed by atoms with van der Waals surface area (Å²) in [7, 11) is 3.14. The summed E-state index contributed by atoms with van der Waals surface area (Å²) < 4.78 is 10.4. The number of quaternary nitrogens is 1. The van der Waals surface area contributed by atoms with Gasteiger partial charge >= 0.3 is 0 Å². The standard InChI is InChI=1S/C17H25N3O4/c1-23-13-3-4-15(24-2)14(11-13)19-16(21)7-10-20-8-5-12(6-9-20)17(18)22/h3-4,11-12H,5-10H2,1-2H3,(H2,18,22)(H,19,21)/p+1. The highest BCUT2D eigenvalue weighted by Gasteiger charge is 2.25. The molecule has 4 N–H and O–H groups in total. The second kappa shape index (κ2) is 8.54. The van der Waals surface area contributed by atoms with Crippen LogP contribution in [0.25, 0.3) is 0 Å². The van der Waals surface area contributed by atoms with Gasteiger partial charge in [-0.3, -0.25) is 9.59 Å². The molecule has 24 heavy (non-hydrogen) atoms. The SMILES string of the molecule is COc1ccc(OC)c(NC(=O)CC[NH+]2CCC(C(N)=O)CC2)c1. The first kappa shape index (κ1) is 18.1. The monoisotopic (exact) mass is 336 g/mol. The molecule has 1 aromatic rings. The van der Waals surface area contributed by atoms with Gasteiger partial charge < -0.3 is 25.4 Å². The first-order valence-electron chi connectivity index (χ1n) is 8.18. The van der Waals surface area contributed by atoms with Crippen LogP contribution < -0.4 is 25.4 Å². The number of nitrogens with two attached hydrogens (primary N) is 1. The molecule has 1 fully saturated rings. The van der Waals surface area contributed by atoms with E-state index in [0.717, 1.165) is 32.5 Å². The highest BCUT2D eigenvalue weighted by molar-refractivity contribution is 5.92. The Kier molecular flexibility index (Phi) is 6.43. The maximum Gasteiger partial charge on any atom is 0.230 e. The average Bonchev–Trinajstić information content (AvgIpc) is 2.60. The molecule has 1 heterocycles. The fraction of sp³-hybridized carbons (Fsp3) is 0.529. The topological polar surface area (TPSA) is 95.1 Å². The van der Waals surface area contributed by atoms with Crippen LogP contribution in [0, 0.1) is 5.92 Å². The lowest BCUT2D eigenvalue weighted by Crippen LogP contribution is -3.13. The number of hydrogen-bond donors (Lipinski definition) is 3. The molecule has 132 valence electrons. The third kappa shape index (κ3) is 4.86. The number of piperidine rings is 1. The minimum atomic E-state index is -0.211. The number of amides is 2. The Labute approximate surface area is 142 Å². The van der Waals surface area contributed by atoms with E-state index < -0.39 is 0 Å². The van der Waals surface area contributed by atoms with Gasteiger partial charge in [0.2, 0.25) is 11.8 Å². The van der Waals surface area contributed by atoms with Crippen LogP contribution >= 0.6 is 0 Å². The van der Waals surface area contributed by atoms with Gasteiger partial charge in [0.1, 0.15) is 11.5 Å². The third-order valence-electron chi connectivity index (χ3n) is 4.48. The van der Waals surface area contributed by atoms with Gasteiger partial charge in [-0.05, 0) is 12.1 Å². The first-order valence-corrected chi connectivity index (χ1v) is 8.18. The Hall–Kier alpha value is -2.28. The molecule has 1 aromatic carbocycles. The fourth-order valence-electron chi connectivity index (χ4n) is 2.98. The number of carbonyl (C=O) groups is 2. The number of likely N-dealkylation sites (tertiary alicyclic amines) is 1. The van der Waals surface area contributed by atoms with Gasteiger partial charge in [0.15, 0.2) is 0 Å². The van der Waals surface area contributed by atoms with Crippen LogP contribution in [-0.4, -0.2) is 45.7 Å². The molecule has 2 amide bonds. The van der Waals surface area contributed by atoms with Gasteiger partial charge in [-0.25, -0.2) is 0 Å². The van der Waals surface area contributed by atoms with Crippen molar-refractivity contribution >= 4 is 17.5 Å². The van der Waals surface area contributed by atoms with Crippen molar-refractivity contribution in [2.75, 3.05) is 39.2 Å². The van der Waals surface area contributed by atoms with Crippen molar-refractivity contribution in [2.45, 2.75) is 19.3 Å². The predicted octanol–water partition coefficient (Wildman–Crippen LogP) is -0.187. The van der Waals surface area contributed by atoms with Crippen molar-refractivity contribution in [3.05, 3.63) is 18.2 Å². The number of ether oxygens (including phenoxy) is 2. The van der Waals surface area contributed by atoms with Crippen LogP contribution in [0.2, 0.25) is 0 Å². The second-order valence-corrected chi connectivity index (χ2v) is 6.04. The number of benzene rings is 1. The highest BCUT2D eigenvalue weighted by Crippen LogP contribution is 2.28. The summed E-state index contributed by atoms with van der Waals surface area (Å²) in [6, 6.07) is 5.28. The molecule has 0 spiro atoms. The molecule has 1 aliphatic rings. The first-order chi connectivity index (χ1) is 11.5. The molecule has 1 saturated heterocycles. The Balaban J connectivity index is 1.83. The van der Waals surface area contributed by atoms with E-state index in [2.05, 4.69) is 5.32 Å². The van der Waals surface area contributed by atoms with Crippen LogP contribution in [0.1, 0.15) is 19.3 Å². The van der Waals surface area contributed by atoms with Crippen LogP contribution in [0.4, 0.5) is 5.69 Å². The fourth-order valence-corrected chi connectivity index (χ4v) is 2.98. The van der Waals surface area contributed by atoms with E-state index >= 15 is 0 Å². The zero-order chi connectivity index (χ0) is 17.5. The summed E-state index contributed by atoms with van der Waals surface area (Å²) in [6.07, 6.45) is 2.02. The molecule has 0 saturated carbocycles. The number of primary amides is 1. The molecule has 0 aliphatic carbocycles. The van der Waals surface area contributed by atoms with E-state index in [4.69, 9.17) is 15.2 Å². The highest BCUT2D eigenvalue weighted by atomic mass is 16.5. The van der Waals surface area contributed by atoms with E-state index in [1.165, 1.54) is 4.90 Å². The van der Waals surface area contributed by atoms with Crippen LogP contribution in [0.3, 0.4) is 0 Å². The average molecular weight is 336 g/mol. The van der Waals surface area contributed by atoms with Crippen molar-refractivity contribution in [1.29, 1.82) is 0 Å². The van der Waals surface area contributed by atoms with Crippen molar-refractivity contribution in [3.63, 3.8) is 0 Å². The number of methoxy groups -OCH3 is 2. The minimum Gasteiger partial charge on any atom is -0.497 e. The zero-order valence-corrected chi connectivity index (χ0v) is 14.3. The zero-order valence-electron chi connectivity index (χ0n) is 14.3. The summed E-state index contributed by atoms with van der Waals surface area (Å²) in [5.41, 5.74) is 5.94. The second-order valence-electron chi connectivity index (χ2n) is 6.04. The maximum atomic E-state index is 12.2. The molecule has 7 nitrogen and oxygen atoms in total. The number of hydrogen-bond acceptors (Lipinski definition) is 4. The Morgan fingerprint density at radius 1 is 1.25 bits per heavy atom. The van der Waals surface area contributed by atoms with E-state index in [1.54, 1.807) is 32.4 Å². The lowest BCUT2D eigenvalue weighted by molar-refractivity contribution is -0.905. The molecule has 0 bridgehead atoms. The molecular weight excluding hydrogens is 310 g/mol. The van der Waals surface area contributed by atoms with Gasteiger partial charge in [-0.2, -0.15) is 0 Å². The summed E-state index contributed by atoms with van der Waals surface area (Å²) in [5, 5.41) is 2.87. The molecule has 2 rings (SSSR count). The van der Waals surface area contributed by atoms with Crippen LogP contribution in [0.5, 0.6) is 11.5 Å². The van der Waals surface area contributed by atoms with Crippen molar-refractivity contribution in [1.82, 2.24) is 0 Å². The minimum absolute atomic E-state index is 0.0105. The summed E-state index contributed by atoms with van der Waals surface area (Å²) in [5.74, 6) is 0.968. The van der Waals surface area contributed by atoms with Gasteiger partial charge in [0.05, 0.1) is 46.0 Å². The maximum absolute atomic E-state index is 12.2. The summed E-state index contributed by atoms with van der Waals surface area (Å²) in [4.78, 5) is 24.7. The molecule has 0 atom stereocenters. The molecule has 0 unspecified atom stereocenters. The van der Waals surface area contributed by atoms with Gasteiger partial charge in [-0.15, -0.1) is 0 Å². The van der Waals surface area contributed by atoms with Gasteiger partial charge in [0.25, 0.3) is 0 Å². The molecular formula is C17H26N3O4+. The smallest absolute Gasteiger partial charge is 0.230 e. The largest absolute Gasteiger partial charge is 0.497 e. The van der Waals surface area contributed by atoms with E-state index in [9.17, 15) is 9.59 Å². The van der Waals surface area contributed by atoms with Crippen molar-refractivity contribution < 1.29 is 24.0 Å². The van der Waals surface area contributed by atoms with Gasteiger partial charge in [0, 0.05) is 24.8 Å². The molecule has 1 aliphatic heterocycles. The van der Waals surface area contributed by atoms with E-state index in [-0.39, 0.29) is 17.7 Å². The Morgan fingerprint density at radius 3 is 2.54 bits per heavy atom. The van der Waals surface area contributed by atoms with Gasteiger partial charge in [-0.1, -0.05) is 0 Å². The van der Waals surface area contributed by atoms with Crippen LogP contribution in [0.15, 0.2) is 18.2 Å². The lowest BCUT2D eigenvalue weighted by atomic mass is 9.96. The summed E-state index contributed by atoms with van der Waals surface area (Å²) in [6.45, 7) is 2.50. The van der Waals surface area contributed by atoms with Crippen molar-refractivity contribution in [2.24, 2.45) is 11.7 Å². The Bertz CT molecular complexity index is 583. The van der Waals surface area contributed by atoms with E-state index in [0.29, 0.717) is 23.6 Å². The number of nitrogens with one attached hydrogen (secondary N) is 2. The number of rotatable bonds is 7. The van der Waals surface area contributed by atoms with E-state index in [1.807, 2.05) is 0 Å². The molecule has 0 radical (unpaired) electrons. The molecule has 0 aromatic heterocycles. The lowest BCUT2D eigenvalue weighted by Gasteiger charge is -2.27. The molecule has 7 heteroatoms. The number of anilines is 1.